The van der Waals surface area contributed by atoms with Crippen LogP contribution in [0.25, 0.3) is 11.0 Å². The Kier molecular flexibility index (Phi) is 5.45. The fraction of sp³-hybridized carbons (Fsp3) is 0.263. The van der Waals surface area contributed by atoms with Crippen LogP contribution in [0.15, 0.2) is 42.2 Å². The summed E-state index contributed by atoms with van der Waals surface area (Å²) in [5, 5.41) is 8.97. The van der Waals surface area contributed by atoms with Crippen molar-refractivity contribution in [1.82, 2.24) is 35.1 Å². The van der Waals surface area contributed by atoms with E-state index in [1.165, 1.54) is 11.3 Å². The number of hydrogen-bond acceptors (Lipinski definition) is 6. The van der Waals surface area contributed by atoms with Crippen LogP contribution in [0.4, 0.5) is 0 Å². The molecule has 4 aromatic rings. The molecule has 0 fully saturated rings. The maximum Gasteiger partial charge on any atom is 0.271 e. The smallest absolute Gasteiger partial charge is 0.271 e. The fourth-order valence-corrected chi connectivity index (χ4v) is 3.62. The Morgan fingerprint density at radius 1 is 1.25 bits per heavy atom. The second-order valence-corrected chi connectivity index (χ2v) is 7.38. The van der Waals surface area contributed by atoms with Gasteiger partial charge in [-0.3, -0.25) is 4.79 Å². The van der Waals surface area contributed by atoms with Crippen molar-refractivity contribution in [3.05, 3.63) is 64.4 Å². The lowest BCUT2D eigenvalue weighted by atomic mass is 10.3. The van der Waals surface area contributed by atoms with Crippen molar-refractivity contribution in [1.29, 1.82) is 0 Å². The summed E-state index contributed by atoms with van der Waals surface area (Å²) in [6, 6.07) is 7.98. The van der Waals surface area contributed by atoms with Crippen LogP contribution >= 0.6 is 11.3 Å². The van der Waals surface area contributed by atoms with E-state index in [0.717, 1.165) is 40.5 Å². The Labute approximate surface area is 166 Å². The van der Waals surface area contributed by atoms with Crippen molar-refractivity contribution in [2.45, 2.75) is 19.5 Å². The highest BCUT2D eigenvalue weighted by molar-refractivity contribution is 7.09. The summed E-state index contributed by atoms with van der Waals surface area (Å²) in [7, 11) is 1.90. The van der Waals surface area contributed by atoms with Crippen LogP contribution in [0, 0.1) is 0 Å². The third-order valence-electron chi connectivity index (χ3n) is 4.38. The van der Waals surface area contributed by atoms with Crippen LogP contribution in [-0.2, 0) is 26.6 Å². The van der Waals surface area contributed by atoms with Gasteiger partial charge in [-0.2, -0.15) is 0 Å². The normalized spacial score (nSPS) is 11.2. The van der Waals surface area contributed by atoms with Crippen molar-refractivity contribution in [3.8, 4) is 0 Å². The minimum absolute atomic E-state index is 0.168. The number of fused-ring (bicyclic) bond motifs is 1. The molecule has 0 atom stereocenters. The third-order valence-corrected chi connectivity index (χ3v) is 5.29. The number of aryl methyl sites for hydroxylation is 1. The number of nitrogens with zero attached hydrogens (tertiary/aromatic N) is 4. The number of imidazole rings is 2. The first-order valence-electron chi connectivity index (χ1n) is 9.01. The molecule has 144 valence electrons. The number of nitrogens with one attached hydrogen (secondary N) is 3. The summed E-state index contributed by atoms with van der Waals surface area (Å²) in [5.41, 5.74) is 3.42. The predicted molar refractivity (Wildman–Crippen MR) is 108 cm³/mol. The van der Waals surface area contributed by atoms with Crippen LogP contribution in [-0.4, -0.2) is 37.0 Å². The topological polar surface area (TPSA) is 101 Å². The number of carbonyl (C=O) groups is 1. The molecule has 0 saturated heterocycles. The maximum absolute atomic E-state index is 12.2. The van der Waals surface area contributed by atoms with Crippen LogP contribution in [0.1, 0.15) is 27.0 Å². The Morgan fingerprint density at radius 2 is 2.14 bits per heavy atom. The van der Waals surface area contributed by atoms with E-state index in [9.17, 15) is 4.79 Å². The van der Waals surface area contributed by atoms with Gasteiger partial charge in [0.15, 0.2) is 0 Å². The lowest BCUT2D eigenvalue weighted by molar-refractivity contribution is 0.0945. The van der Waals surface area contributed by atoms with Gasteiger partial charge >= 0.3 is 0 Å². The van der Waals surface area contributed by atoms with Crippen LogP contribution in [0.2, 0.25) is 0 Å². The average molecular weight is 395 g/mol. The molecular formula is C19H21N7OS. The lowest BCUT2D eigenvalue weighted by Crippen LogP contribution is -2.24. The van der Waals surface area contributed by atoms with E-state index in [4.69, 9.17) is 0 Å². The number of benzene rings is 1. The largest absolute Gasteiger partial charge is 0.345 e. The van der Waals surface area contributed by atoms with Gasteiger partial charge in [-0.1, -0.05) is 12.1 Å². The second kappa shape index (κ2) is 8.32. The third kappa shape index (κ3) is 4.26. The van der Waals surface area contributed by atoms with Crippen molar-refractivity contribution < 1.29 is 4.79 Å². The van der Waals surface area contributed by atoms with E-state index in [1.54, 1.807) is 17.9 Å². The van der Waals surface area contributed by atoms with Gasteiger partial charge in [-0.05, 0) is 12.1 Å². The quantitative estimate of drug-likeness (QED) is 0.396. The summed E-state index contributed by atoms with van der Waals surface area (Å²) in [5.74, 6) is 0.745. The lowest BCUT2D eigenvalue weighted by Gasteiger charge is -2.03. The summed E-state index contributed by atoms with van der Waals surface area (Å²) in [6.45, 7) is 1.86. The Bertz CT molecular complexity index is 1050. The molecule has 3 N–H and O–H groups in total. The highest BCUT2D eigenvalue weighted by atomic mass is 32.1. The molecular weight excluding hydrogens is 374 g/mol. The molecule has 0 bridgehead atoms. The number of H-pyrrole nitrogens is 1. The van der Waals surface area contributed by atoms with Gasteiger partial charge in [-0.25, -0.2) is 15.0 Å². The van der Waals surface area contributed by atoms with E-state index < -0.39 is 0 Å². The van der Waals surface area contributed by atoms with E-state index in [1.807, 2.05) is 35.9 Å². The molecule has 8 nitrogen and oxygen atoms in total. The van der Waals surface area contributed by atoms with Gasteiger partial charge in [0.25, 0.3) is 5.91 Å². The summed E-state index contributed by atoms with van der Waals surface area (Å²) in [6.07, 6.45) is 4.21. The molecule has 0 radical (unpaired) electrons. The van der Waals surface area contributed by atoms with Crippen LogP contribution < -0.4 is 10.6 Å². The zero-order valence-electron chi connectivity index (χ0n) is 15.5. The molecule has 4 rings (SSSR count). The molecule has 0 saturated carbocycles. The number of thiazole rings is 1. The summed E-state index contributed by atoms with van der Waals surface area (Å²) < 4.78 is 1.88. The zero-order valence-corrected chi connectivity index (χ0v) is 16.3. The first-order valence-corrected chi connectivity index (χ1v) is 9.89. The molecule has 0 unspecified atom stereocenters. The first kappa shape index (κ1) is 18.3. The van der Waals surface area contributed by atoms with E-state index in [-0.39, 0.29) is 5.91 Å². The van der Waals surface area contributed by atoms with Gasteiger partial charge in [-0.15, -0.1) is 11.3 Å². The summed E-state index contributed by atoms with van der Waals surface area (Å²) in [4.78, 5) is 28.5. The number of aromatic nitrogens is 5. The highest BCUT2D eigenvalue weighted by Crippen LogP contribution is 2.12. The van der Waals surface area contributed by atoms with Gasteiger partial charge in [0.2, 0.25) is 0 Å². The molecule has 28 heavy (non-hydrogen) atoms. The van der Waals surface area contributed by atoms with Gasteiger partial charge in [0, 0.05) is 31.6 Å². The molecule has 3 aromatic heterocycles. The van der Waals surface area contributed by atoms with E-state index >= 15 is 0 Å². The maximum atomic E-state index is 12.2. The van der Waals surface area contributed by atoms with Crippen LogP contribution in [0.5, 0.6) is 0 Å². The molecule has 0 aliphatic carbocycles. The standard InChI is InChI=1S/C19H21N7OS/c1-26-12-21-8-13(26)9-22-19(27)16-11-28-18(25-16)6-7-20-10-17-23-14-4-2-3-5-15(14)24-17/h2-5,8,11-12,20H,6-7,9-10H2,1H3,(H,22,27)(H,23,24). The number of para-hydroxylation sites is 2. The fourth-order valence-electron chi connectivity index (χ4n) is 2.84. The number of hydrogen-bond donors (Lipinski definition) is 3. The van der Waals surface area contributed by atoms with Crippen LogP contribution in [0.3, 0.4) is 0 Å². The molecule has 0 aliphatic heterocycles. The minimum Gasteiger partial charge on any atom is -0.345 e. The predicted octanol–water partition coefficient (Wildman–Crippen LogP) is 2.02. The Balaban J connectivity index is 1.23. The van der Waals surface area contributed by atoms with Gasteiger partial charge < -0.3 is 20.2 Å². The van der Waals surface area contributed by atoms with Crippen molar-refractivity contribution in [3.63, 3.8) is 0 Å². The van der Waals surface area contributed by atoms with E-state index in [0.29, 0.717) is 18.8 Å². The van der Waals surface area contributed by atoms with Crippen molar-refractivity contribution >= 4 is 28.3 Å². The van der Waals surface area contributed by atoms with Crippen molar-refractivity contribution in [2.75, 3.05) is 6.54 Å². The van der Waals surface area contributed by atoms with E-state index in [2.05, 4.69) is 30.6 Å². The summed E-state index contributed by atoms with van der Waals surface area (Å²) >= 11 is 1.50. The van der Waals surface area contributed by atoms with Crippen molar-refractivity contribution in [2.24, 2.45) is 7.05 Å². The Morgan fingerprint density at radius 3 is 2.96 bits per heavy atom. The first-order chi connectivity index (χ1) is 13.7. The molecule has 0 aliphatic rings. The molecule has 0 spiro atoms. The number of amides is 1. The zero-order chi connectivity index (χ0) is 19.3. The molecule has 3 heterocycles. The SMILES string of the molecule is Cn1cncc1CNC(=O)c1csc(CCNCc2nc3ccccc3[nH]2)n1. The molecule has 1 amide bonds. The van der Waals surface area contributed by atoms with Gasteiger partial charge in [0.05, 0.1) is 41.2 Å². The number of carbonyl (C=O) groups excluding carboxylic acids is 1. The molecule has 1 aromatic carbocycles. The second-order valence-electron chi connectivity index (χ2n) is 6.43. The Hall–Kier alpha value is -3.04. The van der Waals surface area contributed by atoms with Gasteiger partial charge in [0.1, 0.15) is 11.5 Å². The monoisotopic (exact) mass is 395 g/mol. The minimum atomic E-state index is -0.168. The highest BCUT2D eigenvalue weighted by Gasteiger charge is 2.11. The number of aromatic amines is 1. The average Bonchev–Trinajstić information content (AvgIpc) is 3.42. The molecule has 9 heteroatoms. The number of rotatable bonds is 8.